The predicted molar refractivity (Wildman–Crippen MR) is 77.6 cm³/mol. The Morgan fingerprint density at radius 2 is 2.00 bits per heavy atom. The molecule has 18 heavy (non-hydrogen) atoms. The van der Waals surface area contributed by atoms with E-state index in [1.807, 2.05) is 0 Å². The lowest BCUT2D eigenvalue weighted by Gasteiger charge is -2.42. The van der Waals surface area contributed by atoms with Gasteiger partial charge in [-0.15, -0.1) is 0 Å². The number of nitrogens with zero attached hydrogens (tertiary/aromatic N) is 1. The van der Waals surface area contributed by atoms with Crippen LogP contribution in [0.4, 0.5) is 0 Å². The van der Waals surface area contributed by atoms with Gasteiger partial charge in [0.05, 0.1) is 0 Å². The monoisotopic (exact) mass is 246 g/mol. The number of likely N-dealkylation sites (tertiary alicyclic amines) is 1. The molecule has 1 aromatic rings. The topological polar surface area (TPSA) is 15.3 Å². The van der Waals surface area contributed by atoms with Crippen molar-refractivity contribution in [1.82, 2.24) is 10.2 Å². The third-order valence-corrected chi connectivity index (χ3v) is 3.66. The summed E-state index contributed by atoms with van der Waals surface area (Å²) in [6, 6.07) is 11.4. The van der Waals surface area contributed by atoms with Crippen LogP contribution in [0.2, 0.25) is 0 Å². The van der Waals surface area contributed by atoms with Gasteiger partial charge in [-0.3, -0.25) is 4.90 Å². The van der Waals surface area contributed by atoms with Crippen LogP contribution >= 0.6 is 0 Å². The molecule has 1 saturated heterocycles. The minimum Gasteiger partial charge on any atom is -0.308 e. The Morgan fingerprint density at radius 3 is 2.67 bits per heavy atom. The standard InChI is InChI=1S/C16H26N2/c1-14(2)17-16(3)10-7-11-18(13-16)12-15-8-5-4-6-9-15/h4-6,8-9,14,17H,7,10-13H2,1-3H3. The molecule has 1 aliphatic heterocycles. The summed E-state index contributed by atoms with van der Waals surface area (Å²) in [5.74, 6) is 0. The van der Waals surface area contributed by atoms with Crippen LogP contribution in [-0.2, 0) is 6.54 Å². The van der Waals surface area contributed by atoms with E-state index in [4.69, 9.17) is 0 Å². The SMILES string of the molecule is CC(C)NC1(C)CCCN(Cc2ccccc2)C1. The molecule has 0 saturated carbocycles. The summed E-state index contributed by atoms with van der Waals surface area (Å²) >= 11 is 0. The molecular formula is C16H26N2. The van der Waals surface area contributed by atoms with Crippen molar-refractivity contribution in [2.75, 3.05) is 13.1 Å². The van der Waals surface area contributed by atoms with Crippen LogP contribution in [0.1, 0.15) is 39.2 Å². The van der Waals surface area contributed by atoms with E-state index >= 15 is 0 Å². The van der Waals surface area contributed by atoms with E-state index in [1.54, 1.807) is 0 Å². The molecule has 0 aromatic heterocycles. The fraction of sp³-hybridized carbons (Fsp3) is 0.625. The van der Waals surface area contributed by atoms with Gasteiger partial charge >= 0.3 is 0 Å². The third-order valence-electron chi connectivity index (χ3n) is 3.66. The molecule has 1 fully saturated rings. The zero-order valence-corrected chi connectivity index (χ0v) is 11.9. The number of hydrogen-bond acceptors (Lipinski definition) is 2. The van der Waals surface area contributed by atoms with E-state index in [9.17, 15) is 0 Å². The van der Waals surface area contributed by atoms with E-state index in [2.05, 4.69) is 61.3 Å². The fourth-order valence-corrected chi connectivity index (χ4v) is 3.14. The second-order valence-corrected chi connectivity index (χ2v) is 6.16. The van der Waals surface area contributed by atoms with Crippen LogP contribution in [-0.4, -0.2) is 29.6 Å². The summed E-state index contributed by atoms with van der Waals surface area (Å²) in [5.41, 5.74) is 1.70. The van der Waals surface area contributed by atoms with Gasteiger partial charge < -0.3 is 5.32 Å². The van der Waals surface area contributed by atoms with E-state index in [0.29, 0.717) is 6.04 Å². The Balaban J connectivity index is 1.94. The molecule has 100 valence electrons. The van der Waals surface area contributed by atoms with Gasteiger partial charge in [-0.2, -0.15) is 0 Å². The lowest BCUT2D eigenvalue weighted by Crippen LogP contribution is -2.56. The van der Waals surface area contributed by atoms with Crippen molar-refractivity contribution in [2.45, 2.75) is 51.7 Å². The molecule has 1 atom stereocenters. The van der Waals surface area contributed by atoms with Crippen molar-refractivity contribution < 1.29 is 0 Å². The summed E-state index contributed by atoms with van der Waals surface area (Å²) < 4.78 is 0. The van der Waals surface area contributed by atoms with Crippen molar-refractivity contribution in [3.63, 3.8) is 0 Å². The van der Waals surface area contributed by atoms with Gasteiger partial charge in [0.1, 0.15) is 0 Å². The molecule has 2 nitrogen and oxygen atoms in total. The molecule has 1 aromatic carbocycles. The van der Waals surface area contributed by atoms with E-state index in [-0.39, 0.29) is 5.54 Å². The maximum absolute atomic E-state index is 3.73. The average molecular weight is 246 g/mol. The lowest BCUT2D eigenvalue weighted by atomic mass is 9.90. The molecular weight excluding hydrogens is 220 g/mol. The minimum atomic E-state index is 0.279. The third kappa shape index (κ3) is 3.82. The van der Waals surface area contributed by atoms with Gasteiger partial charge in [-0.05, 0) is 31.9 Å². The highest BCUT2D eigenvalue weighted by Gasteiger charge is 2.30. The second-order valence-electron chi connectivity index (χ2n) is 6.16. The van der Waals surface area contributed by atoms with Gasteiger partial charge in [0.25, 0.3) is 0 Å². The number of rotatable bonds is 4. The maximum Gasteiger partial charge on any atom is 0.0283 e. The van der Waals surface area contributed by atoms with Crippen molar-refractivity contribution in [3.05, 3.63) is 35.9 Å². The molecule has 1 heterocycles. The van der Waals surface area contributed by atoms with Crippen molar-refractivity contribution in [2.24, 2.45) is 0 Å². The fourth-order valence-electron chi connectivity index (χ4n) is 3.14. The molecule has 0 radical (unpaired) electrons. The van der Waals surface area contributed by atoms with Crippen molar-refractivity contribution in [1.29, 1.82) is 0 Å². The first-order valence-corrected chi connectivity index (χ1v) is 7.11. The number of nitrogens with one attached hydrogen (secondary N) is 1. The maximum atomic E-state index is 3.73. The van der Waals surface area contributed by atoms with E-state index < -0.39 is 0 Å². The molecule has 0 bridgehead atoms. The summed E-state index contributed by atoms with van der Waals surface area (Å²) in [5, 5.41) is 3.73. The predicted octanol–water partition coefficient (Wildman–Crippen LogP) is 3.04. The molecule has 0 aliphatic carbocycles. The Hall–Kier alpha value is -0.860. The highest BCUT2D eigenvalue weighted by Crippen LogP contribution is 2.22. The van der Waals surface area contributed by atoms with Gasteiger partial charge in [0.15, 0.2) is 0 Å². The summed E-state index contributed by atoms with van der Waals surface area (Å²) in [6.07, 6.45) is 2.58. The Bertz CT molecular complexity index is 361. The minimum absolute atomic E-state index is 0.279. The number of benzene rings is 1. The van der Waals surface area contributed by atoms with Crippen LogP contribution in [0.15, 0.2) is 30.3 Å². The highest BCUT2D eigenvalue weighted by molar-refractivity contribution is 5.14. The average Bonchev–Trinajstić information content (AvgIpc) is 2.28. The van der Waals surface area contributed by atoms with Gasteiger partial charge in [0, 0.05) is 24.7 Å². The van der Waals surface area contributed by atoms with Gasteiger partial charge in [0.2, 0.25) is 0 Å². The summed E-state index contributed by atoms with van der Waals surface area (Å²) in [4.78, 5) is 2.58. The van der Waals surface area contributed by atoms with Gasteiger partial charge in [-0.1, -0.05) is 44.2 Å². The van der Waals surface area contributed by atoms with Crippen LogP contribution < -0.4 is 5.32 Å². The molecule has 2 rings (SSSR count). The molecule has 1 unspecified atom stereocenters. The van der Waals surface area contributed by atoms with Crippen molar-refractivity contribution in [3.8, 4) is 0 Å². The van der Waals surface area contributed by atoms with Crippen LogP contribution in [0.25, 0.3) is 0 Å². The Kier molecular flexibility index (Phi) is 4.41. The highest BCUT2D eigenvalue weighted by atomic mass is 15.2. The Morgan fingerprint density at radius 1 is 1.28 bits per heavy atom. The van der Waals surface area contributed by atoms with Crippen molar-refractivity contribution >= 4 is 0 Å². The largest absolute Gasteiger partial charge is 0.308 e. The van der Waals surface area contributed by atoms with Crippen LogP contribution in [0.5, 0.6) is 0 Å². The van der Waals surface area contributed by atoms with E-state index in [1.165, 1.54) is 24.9 Å². The first kappa shape index (κ1) is 13.6. The first-order chi connectivity index (χ1) is 8.57. The first-order valence-electron chi connectivity index (χ1n) is 7.11. The molecule has 0 amide bonds. The Labute approximate surface area is 111 Å². The number of piperidine rings is 1. The normalized spacial score (nSPS) is 25.6. The molecule has 1 N–H and O–H groups in total. The van der Waals surface area contributed by atoms with Crippen LogP contribution in [0, 0.1) is 0 Å². The number of hydrogen-bond donors (Lipinski definition) is 1. The zero-order chi connectivity index (χ0) is 13.0. The quantitative estimate of drug-likeness (QED) is 0.878. The van der Waals surface area contributed by atoms with Gasteiger partial charge in [-0.25, -0.2) is 0 Å². The second kappa shape index (κ2) is 5.85. The summed E-state index contributed by atoms with van der Waals surface area (Å²) in [7, 11) is 0. The molecule has 1 aliphatic rings. The lowest BCUT2D eigenvalue weighted by molar-refractivity contribution is 0.120. The zero-order valence-electron chi connectivity index (χ0n) is 11.9. The smallest absolute Gasteiger partial charge is 0.0283 e. The molecule has 0 spiro atoms. The van der Waals surface area contributed by atoms with E-state index in [0.717, 1.165) is 13.1 Å². The molecule has 2 heteroatoms. The summed E-state index contributed by atoms with van der Waals surface area (Å²) in [6.45, 7) is 10.3. The van der Waals surface area contributed by atoms with Crippen LogP contribution in [0.3, 0.4) is 0 Å².